The van der Waals surface area contributed by atoms with E-state index in [1.165, 1.54) is 23.1 Å². The van der Waals surface area contributed by atoms with Crippen molar-refractivity contribution in [1.29, 1.82) is 0 Å². The van der Waals surface area contributed by atoms with E-state index >= 15 is 0 Å². The van der Waals surface area contributed by atoms with E-state index in [2.05, 4.69) is 20.5 Å². The van der Waals surface area contributed by atoms with E-state index in [1.807, 2.05) is 31.2 Å². The summed E-state index contributed by atoms with van der Waals surface area (Å²) in [5.74, 6) is 0.470. The third-order valence-corrected chi connectivity index (χ3v) is 5.19. The van der Waals surface area contributed by atoms with Crippen LogP contribution >= 0.6 is 23.1 Å². The zero-order chi connectivity index (χ0) is 14.8. The van der Waals surface area contributed by atoms with Gasteiger partial charge in [0.25, 0.3) is 0 Å². The normalized spacial score (nSPS) is 11.0. The van der Waals surface area contributed by atoms with E-state index < -0.39 is 0 Å². The molecule has 0 aliphatic rings. The van der Waals surface area contributed by atoms with Crippen molar-refractivity contribution in [3.05, 3.63) is 35.5 Å². The maximum Gasteiger partial charge on any atom is 0.206 e. The Bertz CT molecular complexity index is 793. The molecule has 0 spiro atoms. The Hall–Kier alpha value is -1.86. The molecule has 0 atom stereocenters. The maximum absolute atomic E-state index is 12.5. The number of hydrogen-bond donors (Lipinski definition) is 2. The second kappa shape index (κ2) is 5.87. The van der Waals surface area contributed by atoms with Crippen LogP contribution in [0, 0.1) is 6.92 Å². The minimum atomic E-state index is 0.108. The Morgan fingerprint density at radius 1 is 1.38 bits per heavy atom. The highest BCUT2D eigenvalue weighted by Gasteiger charge is 2.16. The average molecular weight is 318 g/mol. The number of hydrogen-bond acceptors (Lipinski definition) is 6. The van der Waals surface area contributed by atoms with Gasteiger partial charge in [0, 0.05) is 29.2 Å². The van der Waals surface area contributed by atoms with Crippen LogP contribution in [0.4, 0.5) is 5.13 Å². The zero-order valence-corrected chi connectivity index (χ0v) is 13.3. The number of carbonyl (C=O) groups excluding carboxylic acids is 1. The number of nitrogens with one attached hydrogen (secondary N) is 2. The molecule has 7 heteroatoms. The molecule has 0 amide bonds. The Morgan fingerprint density at radius 3 is 2.95 bits per heavy atom. The molecule has 21 heavy (non-hydrogen) atoms. The molecule has 0 aliphatic carbocycles. The molecule has 0 saturated heterocycles. The Morgan fingerprint density at radius 2 is 2.19 bits per heavy atom. The summed E-state index contributed by atoms with van der Waals surface area (Å²) in [6.45, 7) is 1.93. The summed E-state index contributed by atoms with van der Waals surface area (Å²) >= 11 is 2.87. The van der Waals surface area contributed by atoms with Crippen LogP contribution in [0.1, 0.15) is 16.1 Å². The first-order valence-electron chi connectivity index (χ1n) is 6.43. The lowest BCUT2D eigenvalue weighted by atomic mass is 10.1. The molecule has 5 nitrogen and oxygen atoms in total. The number of anilines is 1. The van der Waals surface area contributed by atoms with Gasteiger partial charge >= 0.3 is 0 Å². The van der Waals surface area contributed by atoms with Crippen molar-refractivity contribution in [3.8, 4) is 0 Å². The smallest absolute Gasteiger partial charge is 0.206 e. The highest BCUT2D eigenvalue weighted by Crippen LogP contribution is 2.28. The number of thioether (sulfide) groups is 1. The Labute approximate surface area is 130 Å². The number of aryl methyl sites for hydroxylation is 1. The predicted molar refractivity (Wildman–Crippen MR) is 87.5 cm³/mol. The summed E-state index contributed by atoms with van der Waals surface area (Å²) in [7, 11) is 1.80. The monoisotopic (exact) mass is 318 g/mol. The molecule has 0 radical (unpaired) electrons. The van der Waals surface area contributed by atoms with Gasteiger partial charge in [-0.25, -0.2) is 0 Å². The molecule has 108 valence electrons. The number of benzene rings is 1. The molecule has 3 aromatic rings. The van der Waals surface area contributed by atoms with E-state index in [-0.39, 0.29) is 5.78 Å². The number of ketones is 1. The molecule has 0 aliphatic heterocycles. The third kappa shape index (κ3) is 2.79. The number of H-pyrrole nitrogens is 1. The lowest BCUT2D eigenvalue weighted by Crippen LogP contribution is -2.03. The van der Waals surface area contributed by atoms with Crippen molar-refractivity contribution in [1.82, 2.24) is 15.2 Å². The van der Waals surface area contributed by atoms with Gasteiger partial charge in [-0.1, -0.05) is 41.3 Å². The first-order valence-corrected chi connectivity index (χ1v) is 8.24. The lowest BCUT2D eigenvalue weighted by Gasteiger charge is -1.99. The second-order valence-electron chi connectivity index (χ2n) is 4.51. The molecule has 1 aromatic carbocycles. The summed E-state index contributed by atoms with van der Waals surface area (Å²) in [5, 5.41) is 12.7. The lowest BCUT2D eigenvalue weighted by molar-refractivity contribution is 0.102. The SMILES string of the molecule is CNc1nnc(SCC(=O)c2c(C)[nH]c3ccccc23)s1. The summed E-state index contributed by atoms with van der Waals surface area (Å²) in [5.41, 5.74) is 2.68. The number of carbonyl (C=O) groups is 1. The minimum absolute atomic E-state index is 0.108. The molecular formula is C14H14N4OS2. The van der Waals surface area contributed by atoms with Gasteiger partial charge in [0.1, 0.15) is 0 Å². The highest BCUT2D eigenvalue weighted by atomic mass is 32.2. The summed E-state index contributed by atoms with van der Waals surface area (Å²) in [6, 6.07) is 7.86. The number of Topliss-reactive ketones (excluding diaryl/α,β-unsaturated/α-hetero) is 1. The van der Waals surface area contributed by atoms with Crippen LogP contribution in [0.2, 0.25) is 0 Å². The van der Waals surface area contributed by atoms with E-state index in [1.54, 1.807) is 7.05 Å². The van der Waals surface area contributed by atoms with Gasteiger partial charge in [0.05, 0.1) is 5.75 Å². The molecule has 0 saturated carbocycles. The Balaban J connectivity index is 1.79. The fourth-order valence-electron chi connectivity index (χ4n) is 2.20. The summed E-state index contributed by atoms with van der Waals surface area (Å²) < 4.78 is 0.796. The minimum Gasteiger partial charge on any atom is -0.363 e. The number of para-hydroxylation sites is 1. The highest BCUT2D eigenvalue weighted by molar-refractivity contribution is 8.01. The standard InChI is InChI=1S/C14H14N4OS2/c1-8-12(9-5-3-4-6-10(9)16-8)11(19)7-20-14-18-17-13(15-2)21-14/h3-6,16H,7H2,1-2H3,(H,15,17). The van der Waals surface area contributed by atoms with Crippen LogP contribution in [0.25, 0.3) is 10.9 Å². The number of rotatable bonds is 5. The van der Waals surface area contributed by atoms with E-state index in [0.29, 0.717) is 5.75 Å². The van der Waals surface area contributed by atoms with Crippen molar-refractivity contribution in [3.63, 3.8) is 0 Å². The fraction of sp³-hybridized carbons (Fsp3) is 0.214. The molecule has 2 N–H and O–H groups in total. The molecule has 0 fully saturated rings. The number of aromatic amines is 1. The molecule has 0 unspecified atom stereocenters. The van der Waals surface area contributed by atoms with Gasteiger partial charge in [0.2, 0.25) is 5.13 Å². The van der Waals surface area contributed by atoms with Crippen LogP contribution in [0.5, 0.6) is 0 Å². The topological polar surface area (TPSA) is 70.7 Å². The quantitative estimate of drug-likeness (QED) is 0.557. The first kappa shape index (κ1) is 14.1. The van der Waals surface area contributed by atoms with Crippen molar-refractivity contribution in [2.75, 3.05) is 18.1 Å². The maximum atomic E-state index is 12.5. The van der Waals surface area contributed by atoms with Gasteiger partial charge in [-0.3, -0.25) is 4.79 Å². The third-order valence-electron chi connectivity index (χ3n) is 3.12. The van der Waals surface area contributed by atoms with Crippen molar-refractivity contribution >= 4 is 44.9 Å². The number of fused-ring (bicyclic) bond motifs is 1. The van der Waals surface area contributed by atoms with Crippen molar-refractivity contribution in [2.45, 2.75) is 11.3 Å². The van der Waals surface area contributed by atoms with Crippen molar-refractivity contribution < 1.29 is 4.79 Å². The summed E-state index contributed by atoms with van der Waals surface area (Å²) in [6.07, 6.45) is 0. The van der Waals surface area contributed by atoms with Crippen LogP contribution in [0.15, 0.2) is 28.6 Å². The van der Waals surface area contributed by atoms with Crippen LogP contribution in [0.3, 0.4) is 0 Å². The van der Waals surface area contributed by atoms with Crippen LogP contribution < -0.4 is 5.32 Å². The van der Waals surface area contributed by atoms with E-state index in [9.17, 15) is 4.79 Å². The molecular weight excluding hydrogens is 304 g/mol. The van der Waals surface area contributed by atoms with Crippen LogP contribution in [-0.4, -0.2) is 33.8 Å². The van der Waals surface area contributed by atoms with Gasteiger partial charge < -0.3 is 10.3 Å². The van der Waals surface area contributed by atoms with E-state index in [4.69, 9.17) is 0 Å². The second-order valence-corrected chi connectivity index (χ2v) is 6.71. The Kier molecular flexibility index (Phi) is 3.94. The number of aromatic nitrogens is 3. The largest absolute Gasteiger partial charge is 0.363 e. The van der Waals surface area contributed by atoms with Gasteiger partial charge in [-0.2, -0.15) is 0 Å². The van der Waals surface area contributed by atoms with Gasteiger partial charge in [-0.15, -0.1) is 10.2 Å². The zero-order valence-electron chi connectivity index (χ0n) is 11.6. The molecule has 3 rings (SSSR count). The number of nitrogens with zero attached hydrogens (tertiary/aromatic N) is 2. The molecule has 2 heterocycles. The molecule has 0 bridgehead atoms. The van der Waals surface area contributed by atoms with E-state index in [0.717, 1.165) is 31.6 Å². The molecule has 2 aromatic heterocycles. The van der Waals surface area contributed by atoms with Gasteiger partial charge in [-0.05, 0) is 13.0 Å². The van der Waals surface area contributed by atoms with Crippen LogP contribution in [-0.2, 0) is 0 Å². The van der Waals surface area contributed by atoms with Gasteiger partial charge in [0.15, 0.2) is 10.1 Å². The summed E-state index contributed by atoms with van der Waals surface area (Å²) in [4.78, 5) is 15.7. The van der Waals surface area contributed by atoms with Crippen molar-refractivity contribution in [2.24, 2.45) is 0 Å². The first-order chi connectivity index (χ1) is 10.2. The average Bonchev–Trinajstić information content (AvgIpc) is 3.07. The predicted octanol–water partition coefficient (Wildman–Crippen LogP) is 3.34. The fourth-order valence-corrected chi connectivity index (χ4v) is 3.78.